The molecule has 0 saturated carbocycles. The van der Waals surface area contributed by atoms with Crippen molar-refractivity contribution in [2.75, 3.05) is 0 Å². The number of ether oxygens (including phenoxy) is 1. The van der Waals surface area contributed by atoms with Crippen LogP contribution in [0.25, 0.3) is 16.8 Å². The molecule has 0 radical (unpaired) electrons. The summed E-state index contributed by atoms with van der Waals surface area (Å²) >= 11 is 0. The Hall–Kier alpha value is -3.52. The fourth-order valence-corrected chi connectivity index (χ4v) is 3.87. The molecule has 0 saturated heterocycles. The van der Waals surface area contributed by atoms with Crippen molar-refractivity contribution in [1.29, 1.82) is 0 Å². The predicted octanol–water partition coefficient (Wildman–Crippen LogP) is 5.89. The lowest BCUT2D eigenvalue weighted by Crippen LogP contribution is -2.34. The summed E-state index contributed by atoms with van der Waals surface area (Å²) < 4.78 is 6.63. The average Bonchev–Trinajstić information content (AvgIpc) is 2.75. The molecule has 0 amide bonds. The van der Waals surface area contributed by atoms with Crippen LogP contribution in [0.3, 0.4) is 0 Å². The van der Waals surface area contributed by atoms with Gasteiger partial charge in [0.25, 0.3) is 0 Å². The van der Waals surface area contributed by atoms with Gasteiger partial charge in [-0.3, -0.25) is 0 Å². The summed E-state index contributed by atoms with van der Waals surface area (Å²) in [5.41, 5.74) is 2.35. The van der Waals surface area contributed by atoms with E-state index in [0.717, 1.165) is 27.5 Å². The molecule has 0 aromatic heterocycles. The number of aromatic hydroxyl groups is 1. The molecule has 0 spiro atoms. The summed E-state index contributed by atoms with van der Waals surface area (Å²) in [5, 5.41) is 12.3. The van der Waals surface area contributed by atoms with E-state index in [9.17, 15) is 5.11 Å². The third-order valence-electron chi connectivity index (χ3n) is 5.19. The minimum Gasteiger partial charge on any atom is -0.507 e. The van der Waals surface area contributed by atoms with Gasteiger partial charge in [-0.2, -0.15) is 0 Å². The normalized spacial score (nSPS) is 14.5. The van der Waals surface area contributed by atoms with Crippen molar-refractivity contribution in [3.63, 3.8) is 0 Å². The summed E-state index contributed by atoms with van der Waals surface area (Å²) in [6.07, 6.45) is 4.23. The van der Waals surface area contributed by atoms with Crippen molar-refractivity contribution >= 4 is 16.8 Å². The van der Waals surface area contributed by atoms with Crippen molar-refractivity contribution < 1.29 is 9.84 Å². The molecule has 27 heavy (non-hydrogen) atoms. The standard InChI is InChI=1S/C25H18O2/c26-23-17-24-22(20-13-7-8-14-21(20)23)15-16-25(27-24,18-9-3-1-4-10-18)19-11-5-2-6-12-19/h1-17,26H. The zero-order chi connectivity index (χ0) is 18.3. The fraction of sp³-hybridized carbons (Fsp3) is 0.0400. The summed E-state index contributed by atoms with van der Waals surface area (Å²) in [6, 6.07) is 29.9. The van der Waals surface area contributed by atoms with Crippen LogP contribution in [0.2, 0.25) is 0 Å². The molecule has 1 aliphatic rings. The van der Waals surface area contributed by atoms with Crippen molar-refractivity contribution in [1.82, 2.24) is 0 Å². The van der Waals surface area contributed by atoms with E-state index in [4.69, 9.17) is 4.74 Å². The third kappa shape index (κ3) is 2.42. The van der Waals surface area contributed by atoms with E-state index >= 15 is 0 Å². The molecular weight excluding hydrogens is 332 g/mol. The van der Waals surface area contributed by atoms with E-state index in [-0.39, 0.29) is 5.75 Å². The minimum atomic E-state index is -0.732. The Kier molecular flexibility index (Phi) is 3.51. The molecule has 1 aliphatic heterocycles. The van der Waals surface area contributed by atoms with Gasteiger partial charge < -0.3 is 9.84 Å². The van der Waals surface area contributed by atoms with Crippen LogP contribution in [-0.4, -0.2) is 5.11 Å². The van der Waals surface area contributed by atoms with Crippen molar-refractivity contribution in [3.8, 4) is 11.5 Å². The second kappa shape index (κ2) is 6.03. The first kappa shape index (κ1) is 15.7. The molecule has 0 unspecified atom stereocenters. The average molecular weight is 350 g/mol. The first-order valence-corrected chi connectivity index (χ1v) is 9.02. The first-order valence-electron chi connectivity index (χ1n) is 9.02. The number of phenolic OH excluding ortho intramolecular Hbond substituents is 1. The van der Waals surface area contributed by atoms with Crippen LogP contribution in [0.4, 0.5) is 0 Å². The highest BCUT2D eigenvalue weighted by Gasteiger charge is 2.37. The van der Waals surface area contributed by atoms with E-state index < -0.39 is 5.60 Å². The number of benzene rings is 4. The molecule has 0 aliphatic carbocycles. The van der Waals surface area contributed by atoms with Crippen LogP contribution in [0.5, 0.6) is 11.5 Å². The molecular formula is C25H18O2. The smallest absolute Gasteiger partial charge is 0.178 e. The Morgan fingerprint density at radius 1 is 0.667 bits per heavy atom. The van der Waals surface area contributed by atoms with Gasteiger partial charge in [0.1, 0.15) is 11.5 Å². The van der Waals surface area contributed by atoms with Crippen molar-refractivity contribution in [2.45, 2.75) is 5.60 Å². The van der Waals surface area contributed by atoms with Crippen LogP contribution in [0, 0.1) is 0 Å². The maximum Gasteiger partial charge on any atom is 0.178 e. The SMILES string of the molecule is Oc1cc2c(c3ccccc13)C=CC(c1ccccc1)(c1ccccc1)O2. The molecule has 1 N–H and O–H groups in total. The lowest BCUT2D eigenvalue weighted by Gasteiger charge is -2.36. The lowest BCUT2D eigenvalue weighted by molar-refractivity contribution is 0.161. The molecule has 0 bridgehead atoms. The fourth-order valence-electron chi connectivity index (χ4n) is 3.87. The number of phenols is 1. The van der Waals surface area contributed by atoms with Crippen LogP contribution >= 0.6 is 0 Å². The van der Waals surface area contributed by atoms with Gasteiger partial charge in [-0.05, 0) is 17.5 Å². The number of hydrogen-bond donors (Lipinski definition) is 1. The summed E-state index contributed by atoms with van der Waals surface area (Å²) in [6.45, 7) is 0. The quantitative estimate of drug-likeness (QED) is 0.488. The first-order chi connectivity index (χ1) is 13.3. The Labute approximate surface area is 158 Å². The van der Waals surface area contributed by atoms with E-state index in [1.807, 2.05) is 60.7 Å². The third-order valence-corrected chi connectivity index (χ3v) is 5.19. The second-order valence-corrected chi connectivity index (χ2v) is 6.76. The monoisotopic (exact) mass is 350 g/mol. The summed E-state index contributed by atoms with van der Waals surface area (Å²) in [5.74, 6) is 0.913. The second-order valence-electron chi connectivity index (χ2n) is 6.76. The molecule has 2 heteroatoms. The van der Waals surface area contributed by atoms with Crippen LogP contribution < -0.4 is 4.74 Å². The highest BCUT2D eigenvalue weighted by atomic mass is 16.5. The Bertz CT molecular complexity index is 1110. The van der Waals surface area contributed by atoms with Gasteiger partial charge >= 0.3 is 0 Å². The van der Waals surface area contributed by atoms with Crippen LogP contribution in [0.15, 0.2) is 97.1 Å². The van der Waals surface area contributed by atoms with Crippen LogP contribution in [0.1, 0.15) is 16.7 Å². The zero-order valence-corrected chi connectivity index (χ0v) is 14.7. The summed E-state index contributed by atoms with van der Waals surface area (Å²) in [7, 11) is 0. The highest BCUT2D eigenvalue weighted by molar-refractivity contribution is 5.97. The maximum absolute atomic E-state index is 10.5. The van der Waals surface area contributed by atoms with Gasteiger partial charge in [-0.1, -0.05) is 84.9 Å². The molecule has 4 aromatic rings. The van der Waals surface area contributed by atoms with E-state index in [1.54, 1.807) is 6.07 Å². The Morgan fingerprint density at radius 2 is 1.22 bits per heavy atom. The number of fused-ring (bicyclic) bond motifs is 3. The van der Waals surface area contributed by atoms with Crippen molar-refractivity contribution in [3.05, 3.63) is 114 Å². The topological polar surface area (TPSA) is 29.5 Å². The van der Waals surface area contributed by atoms with Gasteiger partial charge in [-0.15, -0.1) is 0 Å². The van der Waals surface area contributed by atoms with E-state index in [2.05, 4.69) is 36.4 Å². The molecule has 2 nitrogen and oxygen atoms in total. The maximum atomic E-state index is 10.5. The molecule has 0 fully saturated rings. The summed E-state index contributed by atoms with van der Waals surface area (Å²) in [4.78, 5) is 0. The van der Waals surface area contributed by atoms with Gasteiger partial charge in [0.2, 0.25) is 0 Å². The lowest BCUT2D eigenvalue weighted by atomic mass is 9.83. The molecule has 1 heterocycles. The molecule has 5 rings (SSSR count). The molecule has 0 atom stereocenters. The van der Waals surface area contributed by atoms with Crippen LogP contribution in [-0.2, 0) is 5.60 Å². The molecule has 4 aromatic carbocycles. The minimum absolute atomic E-state index is 0.231. The highest BCUT2D eigenvalue weighted by Crippen LogP contribution is 2.46. The zero-order valence-electron chi connectivity index (χ0n) is 14.7. The van der Waals surface area contributed by atoms with E-state index in [1.165, 1.54) is 0 Å². The number of rotatable bonds is 2. The molecule has 130 valence electrons. The largest absolute Gasteiger partial charge is 0.507 e. The van der Waals surface area contributed by atoms with Gasteiger partial charge in [0.15, 0.2) is 5.60 Å². The predicted molar refractivity (Wildman–Crippen MR) is 109 cm³/mol. The van der Waals surface area contributed by atoms with E-state index in [0.29, 0.717) is 5.75 Å². The Balaban J connectivity index is 1.77. The van der Waals surface area contributed by atoms with Gasteiger partial charge in [0.05, 0.1) is 0 Å². The van der Waals surface area contributed by atoms with Gasteiger partial charge in [0, 0.05) is 28.1 Å². The Morgan fingerprint density at radius 3 is 1.85 bits per heavy atom. The van der Waals surface area contributed by atoms with Gasteiger partial charge in [-0.25, -0.2) is 0 Å². The van der Waals surface area contributed by atoms with Crippen molar-refractivity contribution in [2.24, 2.45) is 0 Å². The number of hydrogen-bond acceptors (Lipinski definition) is 2.